The number of ether oxygens (including phenoxy) is 4. The Bertz CT molecular complexity index is 857. The molecule has 0 radical (unpaired) electrons. The number of hydrogen-bond acceptors (Lipinski definition) is 9. The van der Waals surface area contributed by atoms with Gasteiger partial charge in [0.05, 0.1) is 16.2 Å². The molecule has 0 aliphatic carbocycles. The third-order valence-corrected chi connectivity index (χ3v) is 6.12. The molecular weight excluding hydrogens is 460 g/mol. The minimum Gasteiger partial charge on any atom is -0.462 e. The first-order chi connectivity index (χ1) is 15.4. The fraction of sp³-hybridized carbons (Fsp3) is 0.720. The molecular formula is C25H38O8S. The summed E-state index contributed by atoms with van der Waals surface area (Å²) >= 11 is 1.37. The molecule has 0 saturated carbocycles. The van der Waals surface area contributed by atoms with E-state index in [9.17, 15) is 19.5 Å². The highest BCUT2D eigenvalue weighted by Gasteiger charge is 2.52. The van der Waals surface area contributed by atoms with Crippen molar-refractivity contribution in [1.29, 1.82) is 0 Å². The second-order valence-corrected chi connectivity index (χ2v) is 12.7. The second kappa shape index (κ2) is 10.3. The van der Waals surface area contributed by atoms with E-state index < -0.39 is 64.7 Å². The van der Waals surface area contributed by atoms with Crippen LogP contribution in [0.1, 0.15) is 73.3 Å². The van der Waals surface area contributed by atoms with Gasteiger partial charge in [-0.2, -0.15) is 0 Å². The van der Waals surface area contributed by atoms with E-state index in [1.807, 2.05) is 11.4 Å². The molecule has 2 heterocycles. The van der Waals surface area contributed by atoms with Crippen LogP contribution in [0.5, 0.6) is 0 Å². The average molecular weight is 499 g/mol. The van der Waals surface area contributed by atoms with Crippen LogP contribution in [-0.2, 0) is 33.3 Å². The Morgan fingerprint density at radius 3 is 1.82 bits per heavy atom. The quantitative estimate of drug-likeness (QED) is 0.478. The summed E-state index contributed by atoms with van der Waals surface area (Å²) < 4.78 is 23.1. The van der Waals surface area contributed by atoms with Crippen molar-refractivity contribution in [3.8, 4) is 0 Å². The van der Waals surface area contributed by atoms with Crippen LogP contribution >= 0.6 is 11.3 Å². The first-order valence-electron chi connectivity index (χ1n) is 11.4. The fourth-order valence-electron chi connectivity index (χ4n) is 3.00. The Hall–Kier alpha value is -1.97. The number of rotatable bonds is 5. The second-order valence-electron chi connectivity index (χ2n) is 11.7. The van der Waals surface area contributed by atoms with Crippen LogP contribution in [0.15, 0.2) is 17.5 Å². The van der Waals surface area contributed by atoms with Gasteiger partial charge in [0.15, 0.2) is 12.2 Å². The van der Waals surface area contributed by atoms with Gasteiger partial charge in [-0.3, -0.25) is 14.4 Å². The van der Waals surface area contributed by atoms with Crippen LogP contribution in [0.25, 0.3) is 0 Å². The lowest BCUT2D eigenvalue weighted by Gasteiger charge is -2.44. The molecule has 1 fully saturated rings. The van der Waals surface area contributed by atoms with E-state index in [0.717, 1.165) is 0 Å². The molecule has 0 amide bonds. The SMILES string of the molecule is CC(C)(C)C(=O)OC[C@H]1O[C@H](c2cccs2)[C@H](O)[C@@H](OC(=O)C(C)(C)C)[C@@H]1OC(=O)C(C)(C)C. The Morgan fingerprint density at radius 2 is 1.38 bits per heavy atom. The summed E-state index contributed by atoms with van der Waals surface area (Å²) in [5.41, 5.74) is -2.47. The van der Waals surface area contributed by atoms with Crippen LogP contribution in [0.4, 0.5) is 0 Å². The van der Waals surface area contributed by atoms with Crippen molar-refractivity contribution in [3.05, 3.63) is 22.4 Å². The van der Waals surface area contributed by atoms with Crippen LogP contribution in [-0.4, -0.2) is 54.0 Å². The molecule has 9 heteroatoms. The van der Waals surface area contributed by atoms with Crippen molar-refractivity contribution >= 4 is 29.2 Å². The largest absolute Gasteiger partial charge is 0.462 e. The van der Waals surface area contributed by atoms with Crippen LogP contribution in [0, 0.1) is 16.2 Å². The number of aliphatic hydroxyl groups is 1. The Morgan fingerprint density at radius 1 is 0.882 bits per heavy atom. The summed E-state index contributed by atoms with van der Waals surface area (Å²) in [6.07, 6.45) is -5.54. The number of thiophene rings is 1. The minimum atomic E-state index is -1.31. The molecule has 2 rings (SSSR count). The van der Waals surface area contributed by atoms with E-state index in [-0.39, 0.29) is 6.61 Å². The van der Waals surface area contributed by atoms with E-state index >= 15 is 0 Å². The third-order valence-electron chi connectivity index (χ3n) is 5.18. The van der Waals surface area contributed by atoms with Crippen molar-refractivity contribution in [2.75, 3.05) is 6.61 Å². The van der Waals surface area contributed by atoms with E-state index in [2.05, 4.69) is 0 Å². The minimum absolute atomic E-state index is 0.240. The van der Waals surface area contributed by atoms with Crippen molar-refractivity contribution in [2.24, 2.45) is 16.2 Å². The monoisotopic (exact) mass is 498 g/mol. The average Bonchev–Trinajstić information content (AvgIpc) is 3.21. The lowest BCUT2D eigenvalue weighted by Crippen LogP contribution is -2.59. The summed E-state index contributed by atoms with van der Waals surface area (Å²) in [5.74, 6) is -1.59. The van der Waals surface area contributed by atoms with Crippen molar-refractivity contribution in [1.82, 2.24) is 0 Å². The molecule has 5 atom stereocenters. The van der Waals surface area contributed by atoms with Gasteiger partial charge < -0.3 is 24.1 Å². The van der Waals surface area contributed by atoms with Gasteiger partial charge in [-0.25, -0.2) is 0 Å². The highest BCUT2D eigenvalue weighted by Crippen LogP contribution is 2.39. The number of carbonyl (C=O) groups excluding carboxylic acids is 3. The Balaban J connectivity index is 2.46. The smallest absolute Gasteiger partial charge is 0.311 e. The standard InChI is InChI=1S/C25H38O8S/c1-23(2,3)20(27)30-13-14-17(32-21(28)24(4,5)6)19(33-22(29)25(7,8)9)16(26)18(31-14)15-11-10-12-34-15/h10-12,14,16-19,26H,13H2,1-9H3/t14-,16+,17-,18-,19-/m1/s1. The lowest BCUT2D eigenvalue weighted by atomic mass is 9.91. The van der Waals surface area contributed by atoms with Crippen LogP contribution < -0.4 is 0 Å². The molecule has 0 bridgehead atoms. The number of esters is 3. The van der Waals surface area contributed by atoms with Gasteiger partial charge in [-0.1, -0.05) is 6.07 Å². The fourth-order valence-corrected chi connectivity index (χ4v) is 3.80. The van der Waals surface area contributed by atoms with Gasteiger partial charge in [-0.15, -0.1) is 11.3 Å². The predicted molar refractivity (Wildman–Crippen MR) is 127 cm³/mol. The number of carbonyl (C=O) groups is 3. The lowest BCUT2D eigenvalue weighted by molar-refractivity contribution is -0.254. The zero-order chi connectivity index (χ0) is 26.1. The van der Waals surface area contributed by atoms with E-state index in [1.165, 1.54) is 11.3 Å². The summed E-state index contributed by atoms with van der Waals surface area (Å²) in [6.45, 7) is 15.1. The van der Waals surface area contributed by atoms with Crippen molar-refractivity contribution in [2.45, 2.75) is 92.8 Å². The summed E-state index contributed by atoms with van der Waals surface area (Å²) in [7, 11) is 0. The van der Waals surface area contributed by atoms with E-state index in [1.54, 1.807) is 68.4 Å². The Labute approximate surface area is 205 Å². The van der Waals surface area contributed by atoms with E-state index in [0.29, 0.717) is 4.88 Å². The van der Waals surface area contributed by atoms with Crippen LogP contribution in [0.3, 0.4) is 0 Å². The molecule has 1 aromatic heterocycles. The van der Waals surface area contributed by atoms with Gasteiger partial charge in [0.2, 0.25) is 0 Å². The molecule has 0 spiro atoms. The first-order valence-corrected chi connectivity index (χ1v) is 12.3. The molecule has 192 valence electrons. The normalized spacial score (nSPS) is 26.0. The highest BCUT2D eigenvalue weighted by molar-refractivity contribution is 7.10. The van der Waals surface area contributed by atoms with E-state index in [4.69, 9.17) is 18.9 Å². The Kier molecular flexibility index (Phi) is 8.59. The highest BCUT2D eigenvalue weighted by atomic mass is 32.1. The summed E-state index contributed by atoms with van der Waals surface area (Å²) in [5, 5.41) is 13.1. The van der Waals surface area contributed by atoms with Gasteiger partial charge in [0.1, 0.15) is 24.9 Å². The van der Waals surface area contributed by atoms with Gasteiger partial charge in [-0.05, 0) is 73.8 Å². The predicted octanol–water partition coefficient (Wildman–Crippen LogP) is 4.05. The number of hydrogen-bond donors (Lipinski definition) is 1. The van der Waals surface area contributed by atoms with Crippen molar-refractivity contribution in [3.63, 3.8) is 0 Å². The summed E-state index contributed by atoms with van der Waals surface area (Å²) in [4.78, 5) is 38.8. The third kappa shape index (κ3) is 7.02. The van der Waals surface area contributed by atoms with Crippen molar-refractivity contribution < 1.29 is 38.4 Å². The molecule has 0 unspecified atom stereocenters. The number of aliphatic hydroxyl groups excluding tert-OH is 1. The zero-order valence-corrected chi connectivity index (χ0v) is 22.4. The maximum Gasteiger partial charge on any atom is 0.311 e. The van der Waals surface area contributed by atoms with Gasteiger partial charge >= 0.3 is 17.9 Å². The topological polar surface area (TPSA) is 108 Å². The zero-order valence-electron chi connectivity index (χ0n) is 21.5. The van der Waals surface area contributed by atoms with Gasteiger partial charge in [0.25, 0.3) is 0 Å². The maximum atomic E-state index is 12.8. The molecule has 0 aromatic carbocycles. The first kappa shape index (κ1) is 28.3. The summed E-state index contributed by atoms with van der Waals surface area (Å²) in [6, 6.07) is 3.60. The maximum absolute atomic E-state index is 12.8. The molecule has 1 saturated heterocycles. The molecule has 1 aliphatic heterocycles. The molecule has 8 nitrogen and oxygen atoms in total. The molecule has 1 aromatic rings. The van der Waals surface area contributed by atoms with Gasteiger partial charge in [0, 0.05) is 4.88 Å². The molecule has 34 heavy (non-hydrogen) atoms. The van der Waals surface area contributed by atoms with Crippen LogP contribution in [0.2, 0.25) is 0 Å². The molecule has 1 aliphatic rings. The molecule has 1 N–H and O–H groups in total.